The van der Waals surface area contributed by atoms with Crippen molar-refractivity contribution in [3.05, 3.63) is 83.9 Å². The molecule has 55 heavy (non-hydrogen) atoms. The molecule has 0 aliphatic rings. The second-order valence-electron chi connectivity index (χ2n) is 15.0. The van der Waals surface area contributed by atoms with Crippen molar-refractivity contribution in [2.24, 2.45) is 0 Å². The molecule has 9 heteroatoms. The van der Waals surface area contributed by atoms with Crippen molar-refractivity contribution in [2.45, 2.75) is 178 Å². The summed E-state index contributed by atoms with van der Waals surface area (Å²) < 4.78 is 68.8. The molecule has 0 heterocycles. The van der Waals surface area contributed by atoms with Gasteiger partial charge in [-0.3, -0.25) is 0 Å². The van der Waals surface area contributed by atoms with E-state index in [1.807, 2.05) is 36.4 Å². The van der Waals surface area contributed by atoms with Crippen LogP contribution in [0.5, 0.6) is 0 Å². The molecule has 0 atom stereocenters. The molecule has 4 aromatic rings. The summed E-state index contributed by atoms with van der Waals surface area (Å²) in [5.74, 6) is 0. The molecule has 0 N–H and O–H groups in total. The van der Waals surface area contributed by atoms with Gasteiger partial charge in [0.05, 0.1) is 9.79 Å². The molecule has 4 aromatic carbocycles. The maximum absolute atomic E-state index is 11.5. The van der Waals surface area contributed by atoms with Crippen molar-refractivity contribution >= 4 is 79.5 Å². The number of aryl methyl sites for hydroxylation is 2. The van der Waals surface area contributed by atoms with E-state index in [9.17, 15) is 25.9 Å². The Hall–Kier alpha value is -1.52. The summed E-state index contributed by atoms with van der Waals surface area (Å²) in [4.78, 5) is -0.221. The third-order valence-corrected chi connectivity index (χ3v) is 12.4. The van der Waals surface area contributed by atoms with E-state index < -0.39 is 20.2 Å². The van der Waals surface area contributed by atoms with Crippen LogP contribution in [-0.2, 0) is 33.1 Å². The summed E-state index contributed by atoms with van der Waals surface area (Å²) in [5, 5.41) is 2.88. The van der Waals surface area contributed by atoms with Crippen LogP contribution in [0.25, 0.3) is 21.5 Å². The van der Waals surface area contributed by atoms with Gasteiger partial charge < -0.3 is 9.11 Å². The minimum Gasteiger partial charge on any atom is -0.744 e. The van der Waals surface area contributed by atoms with E-state index in [0.717, 1.165) is 47.6 Å². The van der Waals surface area contributed by atoms with Gasteiger partial charge in [0.2, 0.25) is 0 Å². The van der Waals surface area contributed by atoms with Crippen LogP contribution in [0.15, 0.2) is 82.6 Å². The number of hydrogen-bond acceptors (Lipinski definition) is 6. The summed E-state index contributed by atoms with van der Waals surface area (Å²) in [6.45, 7) is 4.51. The molecule has 0 amide bonds. The standard InChI is InChI=1S/2C23H34O3S.Ca/c2*1-2-3-4-5-6-7-8-9-10-11-12-15-20-18-19-23(27(24,25)26)22-17-14-13-16-21(20)22;/h2*13-14,16-19H,2-12,15H2,1H3,(H,24,25,26);/q;;+2/p-2. The molecule has 300 valence electrons. The Morgan fingerprint density at radius 1 is 0.364 bits per heavy atom. The van der Waals surface area contributed by atoms with Crippen LogP contribution in [0.1, 0.15) is 166 Å². The fourth-order valence-corrected chi connectivity index (χ4v) is 8.86. The molecular weight excluding hydrogens is 753 g/mol. The summed E-state index contributed by atoms with van der Waals surface area (Å²) in [7, 11) is -8.88. The van der Waals surface area contributed by atoms with E-state index in [1.54, 1.807) is 24.3 Å². The molecule has 0 unspecified atom stereocenters. The molecule has 0 bridgehead atoms. The van der Waals surface area contributed by atoms with Crippen molar-refractivity contribution in [1.82, 2.24) is 0 Å². The first-order valence-corrected chi connectivity index (χ1v) is 23.8. The first-order chi connectivity index (χ1) is 26.1. The molecule has 4 rings (SSSR count). The average molecular weight is 819 g/mol. The van der Waals surface area contributed by atoms with Gasteiger partial charge >= 0.3 is 37.7 Å². The SMILES string of the molecule is CCCCCCCCCCCCCc1ccc(S(=O)(=O)[O-])c2ccccc12.CCCCCCCCCCCCCc1ccc(S(=O)(=O)[O-])c2ccccc12.[Ca+2]. The minimum absolute atomic E-state index is 0. The average Bonchev–Trinajstić information content (AvgIpc) is 3.15. The van der Waals surface area contributed by atoms with Crippen LogP contribution >= 0.6 is 0 Å². The topological polar surface area (TPSA) is 114 Å². The zero-order valence-corrected chi connectivity index (χ0v) is 37.7. The molecule has 0 aliphatic carbocycles. The normalized spacial score (nSPS) is 11.7. The van der Waals surface area contributed by atoms with Gasteiger partial charge in [-0.25, -0.2) is 16.8 Å². The van der Waals surface area contributed by atoms with Gasteiger partial charge in [0.25, 0.3) is 0 Å². The number of rotatable bonds is 26. The second-order valence-corrected chi connectivity index (χ2v) is 17.7. The molecule has 0 spiro atoms. The Labute approximate surface area is 364 Å². The first kappa shape index (κ1) is 49.6. The number of unbranched alkanes of at least 4 members (excludes halogenated alkanes) is 20. The smallest absolute Gasteiger partial charge is 0.744 e. The van der Waals surface area contributed by atoms with Crippen molar-refractivity contribution < 1.29 is 25.9 Å². The van der Waals surface area contributed by atoms with E-state index in [0.29, 0.717) is 10.8 Å². The number of benzene rings is 4. The molecule has 0 radical (unpaired) electrons. The van der Waals surface area contributed by atoms with Gasteiger partial charge in [-0.15, -0.1) is 0 Å². The summed E-state index contributed by atoms with van der Waals surface area (Å²) >= 11 is 0. The van der Waals surface area contributed by atoms with Crippen LogP contribution in [-0.4, -0.2) is 63.7 Å². The summed E-state index contributed by atoms with van der Waals surface area (Å²) in [6, 6.07) is 21.2. The zero-order valence-electron chi connectivity index (χ0n) is 33.9. The Bertz CT molecular complexity index is 1740. The Kier molecular flexibility index (Phi) is 25.3. The van der Waals surface area contributed by atoms with Crippen LogP contribution in [0, 0.1) is 0 Å². The zero-order chi connectivity index (χ0) is 39.1. The third-order valence-electron chi connectivity index (χ3n) is 10.6. The van der Waals surface area contributed by atoms with Crippen molar-refractivity contribution in [2.75, 3.05) is 0 Å². The Morgan fingerprint density at radius 3 is 0.891 bits per heavy atom. The van der Waals surface area contributed by atoms with Gasteiger partial charge in [0, 0.05) is 0 Å². The van der Waals surface area contributed by atoms with E-state index in [2.05, 4.69) is 13.8 Å². The largest absolute Gasteiger partial charge is 2.00 e. The third kappa shape index (κ3) is 18.7. The molecular formula is C46H66CaO6S2. The monoisotopic (exact) mass is 818 g/mol. The summed E-state index contributed by atoms with van der Waals surface area (Å²) in [6.07, 6.45) is 30.7. The van der Waals surface area contributed by atoms with Gasteiger partial charge in [0.1, 0.15) is 20.2 Å². The molecule has 0 fully saturated rings. The van der Waals surface area contributed by atoms with Crippen molar-refractivity contribution in [3.8, 4) is 0 Å². The van der Waals surface area contributed by atoms with Gasteiger partial charge in [-0.1, -0.05) is 203 Å². The fourth-order valence-electron chi connectivity index (χ4n) is 7.50. The van der Waals surface area contributed by atoms with E-state index in [1.165, 1.54) is 141 Å². The number of hydrogen-bond donors (Lipinski definition) is 0. The minimum atomic E-state index is -4.44. The van der Waals surface area contributed by atoms with Gasteiger partial charge in [-0.2, -0.15) is 0 Å². The summed E-state index contributed by atoms with van der Waals surface area (Å²) in [5.41, 5.74) is 2.27. The van der Waals surface area contributed by atoms with Crippen LogP contribution in [0.2, 0.25) is 0 Å². The van der Waals surface area contributed by atoms with E-state index >= 15 is 0 Å². The van der Waals surface area contributed by atoms with Crippen LogP contribution in [0.3, 0.4) is 0 Å². The van der Waals surface area contributed by atoms with E-state index in [-0.39, 0.29) is 47.5 Å². The predicted molar refractivity (Wildman–Crippen MR) is 230 cm³/mol. The Balaban J connectivity index is 0.000000373. The van der Waals surface area contributed by atoms with Crippen molar-refractivity contribution in [3.63, 3.8) is 0 Å². The van der Waals surface area contributed by atoms with E-state index in [4.69, 9.17) is 0 Å². The molecule has 0 saturated carbocycles. The fraction of sp³-hybridized carbons (Fsp3) is 0.565. The maximum Gasteiger partial charge on any atom is 2.00 e. The van der Waals surface area contributed by atoms with Crippen molar-refractivity contribution in [1.29, 1.82) is 0 Å². The molecule has 6 nitrogen and oxygen atoms in total. The molecule has 0 saturated heterocycles. The van der Waals surface area contributed by atoms with Gasteiger partial charge in [0.15, 0.2) is 0 Å². The Morgan fingerprint density at radius 2 is 0.618 bits per heavy atom. The molecule has 0 aromatic heterocycles. The quantitative estimate of drug-likeness (QED) is 0.0354. The van der Waals surface area contributed by atoms with Crippen LogP contribution in [0.4, 0.5) is 0 Å². The number of fused-ring (bicyclic) bond motifs is 2. The predicted octanol–water partition coefficient (Wildman–Crippen LogP) is 12.8. The van der Waals surface area contributed by atoms with Gasteiger partial charge in [-0.05, 0) is 70.5 Å². The first-order valence-electron chi connectivity index (χ1n) is 21.0. The van der Waals surface area contributed by atoms with Crippen LogP contribution < -0.4 is 0 Å². The molecule has 0 aliphatic heterocycles. The second kappa shape index (κ2) is 28.0. The maximum atomic E-state index is 11.5.